The van der Waals surface area contributed by atoms with Crippen molar-refractivity contribution in [2.75, 3.05) is 13.1 Å². The molecule has 0 amide bonds. The van der Waals surface area contributed by atoms with Crippen LogP contribution in [0.2, 0.25) is 0 Å². The lowest BCUT2D eigenvalue weighted by Crippen LogP contribution is -2.36. The summed E-state index contributed by atoms with van der Waals surface area (Å²) in [7, 11) is 0. The van der Waals surface area contributed by atoms with E-state index < -0.39 is 0 Å². The van der Waals surface area contributed by atoms with Crippen LogP contribution in [0.3, 0.4) is 0 Å². The summed E-state index contributed by atoms with van der Waals surface area (Å²) >= 11 is 0. The van der Waals surface area contributed by atoms with Crippen molar-refractivity contribution in [1.29, 1.82) is 0 Å². The van der Waals surface area contributed by atoms with Crippen molar-refractivity contribution in [1.82, 2.24) is 15.6 Å². The second-order valence-electron chi connectivity index (χ2n) is 4.76. The molecule has 17 heavy (non-hydrogen) atoms. The molecule has 1 aromatic heterocycles. The Morgan fingerprint density at radius 3 is 2.71 bits per heavy atom. The van der Waals surface area contributed by atoms with Gasteiger partial charge in [-0.15, -0.1) is 0 Å². The van der Waals surface area contributed by atoms with Crippen LogP contribution < -0.4 is 10.6 Å². The molecule has 1 heterocycles. The number of nitrogens with one attached hydrogen (secondary N) is 2. The van der Waals surface area contributed by atoms with Crippen LogP contribution in [0.15, 0.2) is 12.1 Å². The van der Waals surface area contributed by atoms with Gasteiger partial charge in [-0.2, -0.15) is 0 Å². The number of hydrogen-bond donors (Lipinski definition) is 2. The van der Waals surface area contributed by atoms with E-state index in [1.54, 1.807) is 0 Å². The number of pyridine rings is 1. The molecule has 0 spiro atoms. The van der Waals surface area contributed by atoms with Crippen LogP contribution in [0.5, 0.6) is 0 Å². The lowest BCUT2D eigenvalue weighted by Gasteiger charge is -2.14. The van der Waals surface area contributed by atoms with Gasteiger partial charge in [-0.25, -0.2) is 0 Å². The highest BCUT2D eigenvalue weighted by Crippen LogP contribution is 2.04. The van der Waals surface area contributed by atoms with Crippen LogP contribution in [0.4, 0.5) is 0 Å². The zero-order valence-electron chi connectivity index (χ0n) is 11.5. The molecule has 96 valence electrons. The molecular formula is C14H25N3. The third-order valence-electron chi connectivity index (χ3n) is 2.66. The van der Waals surface area contributed by atoms with Crippen LogP contribution in [-0.2, 0) is 6.54 Å². The molecule has 0 fully saturated rings. The number of aryl methyl sites for hydroxylation is 2. The van der Waals surface area contributed by atoms with Crippen LogP contribution in [0, 0.1) is 13.8 Å². The van der Waals surface area contributed by atoms with Gasteiger partial charge in [0.05, 0.1) is 5.69 Å². The topological polar surface area (TPSA) is 37.0 Å². The standard InChI is InChI=1S/C14H25N3/c1-5-6-15-9-13(4)16-10-14-8-11(2)7-12(3)17-14/h7-8,13,15-16H,5-6,9-10H2,1-4H3. The lowest BCUT2D eigenvalue weighted by atomic mass is 10.2. The van der Waals surface area contributed by atoms with Crippen LogP contribution >= 0.6 is 0 Å². The fraction of sp³-hybridized carbons (Fsp3) is 0.643. The van der Waals surface area contributed by atoms with E-state index in [-0.39, 0.29) is 0 Å². The summed E-state index contributed by atoms with van der Waals surface area (Å²) in [5.41, 5.74) is 3.51. The molecule has 0 bridgehead atoms. The Labute approximate surface area is 105 Å². The van der Waals surface area contributed by atoms with E-state index in [9.17, 15) is 0 Å². The van der Waals surface area contributed by atoms with Gasteiger partial charge in [0.15, 0.2) is 0 Å². The Balaban J connectivity index is 2.34. The Kier molecular flexibility index (Phi) is 6.16. The van der Waals surface area contributed by atoms with E-state index >= 15 is 0 Å². The molecule has 0 aliphatic rings. The molecule has 2 N–H and O–H groups in total. The fourth-order valence-electron chi connectivity index (χ4n) is 1.86. The first kappa shape index (κ1) is 14.1. The monoisotopic (exact) mass is 235 g/mol. The third-order valence-corrected chi connectivity index (χ3v) is 2.66. The van der Waals surface area contributed by atoms with Gasteiger partial charge in [0, 0.05) is 24.8 Å². The average molecular weight is 235 g/mol. The van der Waals surface area contributed by atoms with Gasteiger partial charge in [-0.3, -0.25) is 4.98 Å². The van der Waals surface area contributed by atoms with Crippen molar-refractivity contribution in [3.05, 3.63) is 29.1 Å². The molecule has 0 aliphatic heterocycles. The highest BCUT2D eigenvalue weighted by molar-refractivity contribution is 5.19. The quantitative estimate of drug-likeness (QED) is 0.711. The third kappa shape index (κ3) is 5.80. The first-order valence-electron chi connectivity index (χ1n) is 6.50. The van der Waals surface area contributed by atoms with Crippen molar-refractivity contribution < 1.29 is 0 Å². The molecule has 3 nitrogen and oxygen atoms in total. The number of rotatable bonds is 7. The van der Waals surface area contributed by atoms with E-state index in [1.807, 2.05) is 6.92 Å². The molecule has 0 radical (unpaired) electrons. The van der Waals surface area contributed by atoms with Gasteiger partial charge < -0.3 is 10.6 Å². The first-order chi connectivity index (χ1) is 8.11. The van der Waals surface area contributed by atoms with Crippen molar-refractivity contribution in [2.45, 2.75) is 46.7 Å². The Morgan fingerprint density at radius 2 is 2.06 bits per heavy atom. The molecule has 1 rings (SSSR count). The van der Waals surface area contributed by atoms with Crippen molar-refractivity contribution >= 4 is 0 Å². The van der Waals surface area contributed by atoms with Crippen LogP contribution in [0.1, 0.15) is 37.2 Å². The minimum absolute atomic E-state index is 0.476. The molecule has 1 aromatic rings. The number of hydrogen-bond acceptors (Lipinski definition) is 3. The zero-order valence-corrected chi connectivity index (χ0v) is 11.5. The van der Waals surface area contributed by atoms with Gasteiger partial charge in [0.25, 0.3) is 0 Å². The fourth-order valence-corrected chi connectivity index (χ4v) is 1.86. The van der Waals surface area contributed by atoms with E-state index in [2.05, 4.69) is 48.5 Å². The summed E-state index contributed by atoms with van der Waals surface area (Å²) in [6.45, 7) is 11.5. The molecule has 0 aliphatic carbocycles. The largest absolute Gasteiger partial charge is 0.315 e. The average Bonchev–Trinajstić information content (AvgIpc) is 2.25. The Bertz CT molecular complexity index is 316. The summed E-state index contributed by atoms with van der Waals surface area (Å²) in [6, 6.07) is 4.73. The van der Waals surface area contributed by atoms with E-state index in [4.69, 9.17) is 0 Å². The second kappa shape index (κ2) is 7.41. The van der Waals surface area contributed by atoms with E-state index in [0.717, 1.165) is 31.0 Å². The molecule has 0 aromatic carbocycles. The summed E-state index contributed by atoms with van der Waals surface area (Å²) in [5, 5.41) is 6.90. The Morgan fingerprint density at radius 1 is 1.29 bits per heavy atom. The normalized spacial score (nSPS) is 12.7. The summed E-state index contributed by atoms with van der Waals surface area (Å²) in [5.74, 6) is 0. The lowest BCUT2D eigenvalue weighted by molar-refractivity contribution is 0.497. The van der Waals surface area contributed by atoms with Crippen LogP contribution in [0.25, 0.3) is 0 Å². The van der Waals surface area contributed by atoms with Gasteiger partial charge in [0.2, 0.25) is 0 Å². The molecule has 0 saturated carbocycles. The molecule has 1 unspecified atom stereocenters. The predicted molar refractivity (Wildman–Crippen MR) is 73.2 cm³/mol. The summed E-state index contributed by atoms with van der Waals surface area (Å²) < 4.78 is 0. The highest BCUT2D eigenvalue weighted by Gasteiger charge is 2.02. The molecular weight excluding hydrogens is 210 g/mol. The van der Waals surface area contributed by atoms with Crippen molar-refractivity contribution in [3.8, 4) is 0 Å². The van der Waals surface area contributed by atoms with Gasteiger partial charge >= 0.3 is 0 Å². The van der Waals surface area contributed by atoms with E-state index in [0.29, 0.717) is 6.04 Å². The number of aromatic nitrogens is 1. The minimum atomic E-state index is 0.476. The van der Waals surface area contributed by atoms with E-state index in [1.165, 1.54) is 12.0 Å². The highest BCUT2D eigenvalue weighted by atomic mass is 15.0. The maximum absolute atomic E-state index is 4.52. The predicted octanol–water partition coefficient (Wildman–Crippen LogP) is 2.18. The second-order valence-corrected chi connectivity index (χ2v) is 4.76. The van der Waals surface area contributed by atoms with Gasteiger partial charge in [-0.1, -0.05) is 6.92 Å². The zero-order chi connectivity index (χ0) is 12.7. The van der Waals surface area contributed by atoms with Gasteiger partial charge in [-0.05, 0) is 51.4 Å². The molecule has 3 heteroatoms. The smallest absolute Gasteiger partial charge is 0.0547 e. The first-order valence-corrected chi connectivity index (χ1v) is 6.50. The molecule has 0 saturated heterocycles. The minimum Gasteiger partial charge on any atom is -0.315 e. The Hall–Kier alpha value is -0.930. The summed E-state index contributed by atoms with van der Waals surface area (Å²) in [4.78, 5) is 4.52. The van der Waals surface area contributed by atoms with Crippen molar-refractivity contribution in [2.24, 2.45) is 0 Å². The molecule has 1 atom stereocenters. The number of nitrogens with zero attached hydrogens (tertiary/aromatic N) is 1. The maximum Gasteiger partial charge on any atom is 0.0547 e. The SMILES string of the molecule is CCCNCC(C)NCc1cc(C)cc(C)n1. The van der Waals surface area contributed by atoms with Gasteiger partial charge in [0.1, 0.15) is 0 Å². The van der Waals surface area contributed by atoms with Crippen LogP contribution in [-0.4, -0.2) is 24.1 Å². The van der Waals surface area contributed by atoms with Crippen molar-refractivity contribution in [3.63, 3.8) is 0 Å². The maximum atomic E-state index is 4.52. The summed E-state index contributed by atoms with van der Waals surface area (Å²) in [6.07, 6.45) is 1.19.